The van der Waals surface area contributed by atoms with E-state index in [4.69, 9.17) is 10.6 Å². The second kappa shape index (κ2) is 7.63. The number of nitrogens with zero attached hydrogens (tertiary/aromatic N) is 1. The molecule has 1 amide bonds. The summed E-state index contributed by atoms with van der Waals surface area (Å²) in [5.74, 6) is 5.11. The zero-order valence-corrected chi connectivity index (χ0v) is 10.9. The van der Waals surface area contributed by atoms with Crippen LogP contribution in [0.3, 0.4) is 0 Å². The van der Waals surface area contributed by atoms with Crippen molar-refractivity contribution < 1.29 is 9.53 Å². The minimum absolute atomic E-state index is 0.146. The first-order valence-electron chi connectivity index (χ1n) is 6.49. The average Bonchev–Trinajstić information content (AvgIpc) is 2.59. The summed E-state index contributed by atoms with van der Waals surface area (Å²) in [6.45, 7) is 3.53. The van der Waals surface area contributed by atoms with E-state index in [9.17, 15) is 4.79 Å². The van der Waals surface area contributed by atoms with Gasteiger partial charge < -0.3 is 4.74 Å². The minimum Gasteiger partial charge on any atom is -0.383 e. The topological polar surface area (TPSA) is 67.6 Å². The van der Waals surface area contributed by atoms with Crippen LogP contribution in [0.4, 0.5) is 0 Å². The molecule has 0 aromatic carbocycles. The molecule has 1 aliphatic rings. The number of ether oxygens (including phenoxy) is 1. The van der Waals surface area contributed by atoms with Gasteiger partial charge in [0.25, 0.3) is 5.91 Å². The maximum absolute atomic E-state index is 11.8. The van der Waals surface area contributed by atoms with Gasteiger partial charge >= 0.3 is 0 Å². The third kappa shape index (κ3) is 3.94. The zero-order valence-electron chi connectivity index (χ0n) is 10.9. The fourth-order valence-corrected chi connectivity index (χ4v) is 2.62. The van der Waals surface area contributed by atoms with Gasteiger partial charge in [-0.15, -0.1) is 0 Å². The van der Waals surface area contributed by atoms with E-state index < -0.39 is 0 Å². The number of methoxy groups -OCH3 is 1. The molecule has 17 heavy (non-hydrogen) atoms. The van der Waals surface area contributed by atoms with Crippen LogP contribution < -0.4 is 11.3 Å². The largest absolute Gasteiger partial charge is 0.383 e. The van der Waals surface area contributed by atoms with Crippen molar-refractivity contribution in [2.45, 2.75) is 51.1 Å². The molecule has 0 aliphatic carbocycles. The number of likely N-dealkylation sites (tertiary alicyclic amines) is 1. The molecule has 3 N–H and O–H groups in total. The first kappa shape index (κ1) is 14.4. The van der Waals surface area contributed by atoms with Crippen LogP contribution in [0.1, 0.15) is 39.0 Å². The van der Waals surface area contributed by atoms with Gasteiger partial charge in [-0.2, -0.15) is 0 Å². The summed E-state index contributed by atoms with van der Waals surface area (Å²) >= 11 is 0. The Morgan fingerprint density at radius 2 is 2.29 bits per heavy atom. The van der Waals surface area contributed by atoms with Gasteiger partial charge in [0.15, 0.2) is 0 Å². The normalized spacial score (nSPS) is 24.1. The van der Waals surface area contributed by atoms with E-state index >= 15 is 0 Å². The molecule has 0 aromatic heterocycles. The van der Waals surface area contributed by atoms with Crippen molar-refractivity contribution in [1.82, 2.24) is 10.3 Å². The van der Waals surface area contributed by atoms with E-state index in [1.165, 1.54) is 12.8 Å². The van der Waals surface area contributed by atoms with Gasteiger partial charge in [-0.25, -0.2) is 5.84 Å². The number of nitrogens with one attached hydrogen (secondary N) is 1. The molecule has 2 atom stereocenters. The summed E-state index contributed by atoms with van der Waals surface area (Å²) < 4.78 is 5.16. The van der Waals surface area contributed by atoms with Gasteiger partial charge in [-0.1, -0.05) is 19.8 Å². The molecule has 0 radical (unpaired) electrons. The lowest BCUT2D eigenvalue weighted by Gasteiger charge is -2.35. The maximum atomic E-state index is 11.8. The molecule has 0 aromatic rings. The molecule has 100 valence electrons. The van der Waals surface area contributed by atoms with Gasteiger partial charge in [0.05, 0.1) is 6.61 Å². The smallest absolute Gasteiger partial charge is 0.253 e. The quantitative estimate of drug-likeness (QED) is 0.422. The maximum Gasteiger partial charge on any atom is 0.253 e. The highest BCUT2D eigenvalue weighted by atomic mass is 16.5. The van der Waals surface area contributed by atoms with E-state index in [0.717, 1.165) is 25.8 Å². The third-order valence-corrected chi connectivity index (χ3v) is 3.56. The number of carbonyl (C=O) groups is 1. The van der Waals surface area contributed by atoms with Crippen LogP contribution in [0, 0.1) is 0 Å². The van der Waals surface area contributed by atoms with Gasteiger partial charge in [0.1, 0.15) is 6.04 Å². The number of hydrogen-bond donors (Lipinski definition) is 2. The van der Waals surface area contributed by atoms with Crippen molar-refractivity contribution in [1.29, 1.82) is 0 Å². The predicted octanol–water partition coefficient (Wildman–Crippen LogP) is 0.646. The van der Waals surface area contributed by atoms with Crippen LogP contribution in [-0.4, -0.2) is 43.2 Å². The SMILES string of the molecule is CCC1CCCCCN1C(COC)C(=O)NN. The second-order valence-electron chi connectivity index (χ2n) is 4.63. The van der Waals surface area contributed by atoms with Crippen LogP contribution in [0.2, 0.25) is 0 Å². The fraction of sp³-hybridized carbons (Fsp3) is 0.917. The highest BCUT2D eigenvalue weighted by Crippen LogP contribution is 2.21. The first-order valence-corrected chi connectivity index (χ1v) is 6.49. The van der Waals surface area contributed by atoms with E-state index in [-0.39, 0.29) is 11.9 Å². The lowest BCUT2D eigenvalue weighted by atomic mass is 10.1. The van der Waals surface area contributed by atoms with E-state index in [0.29, 0.717) is 12.6 Å². The Labute approximate surface area is 104 Å². The summed E-state index contributed by atoms with van der Waals surface area (Å²) in [5, 5.41) is 0. The Morgan fingerprint density at radius 3 is 2.88 bits per heavy atom. The molecule has 5 heteroatoms. The number of hydrogen-bond acceptors (Lipinski definition) is 4. The monoisotopic (exact) mass is 243 g/mol. The summed E-state index contributed by atoms with van der Waals surface area (Å²) in [5.41, 5.74) is 2.25. The van der Waals surface area contributed by atoms with Crippen LogP contribution in [0.5, 0.6) is 0 Å². The molecule has 1 heterocycles. The zero-order chi connectivity index (χ0) is 12.7. The number of nitrogens with two attached hydrogens (primary N) is 1. The standard InChI is InChI=1S/C12H25N3O2/c1-3-10-7-5-4-6-8-15(10)11(9-17-2)12(16)14-13/h10-11H,3-9,13H2,1-2H3,(H,14,16). The van der Waals surface area contributed by atoms with E-state index in [2.05, 4.69) is 17.2 Å². The van der Waals surface area contributed by atoms with Gasteiger partial charge in [-0.3, -0.25) is 15.1 Å². The molecule has 2 unspecified atom stereocenters. The molecule has 0 spiro atoms. The highest BCUT2D eigenvalue weighted by molar-refractivity contribution is 5.81. The number of rotatable bonds is 5. The lowest BCUT2D eigenvalue weighted by Crippen LogP contribution is -2.54. The van der Waals surface area contributed by atoms with Crippen LogP contribution in [0.25, 0.3) is 0 Å². The number of carbonyl (C=O) groups excluding carboxylic acids is 1. The highest BCUT2D eigenvalue weighted by Gasteiger charge is 2.31. The van der Waals surface area contributed by atoms with Crippen molar-refractivity contribution in [3.8, 4) is 0 Å². The Balaban J connectivity index is 2.76. The summed E-state index contributed by atoms with van der Waals surface area (Å²) in [6.07, 6.45) is 5.87. The molecule has 1 fully saturated rings. The molecule has 1 aliphatic heterocycles. The predicted molar refractivity (Wildman–Crippen MR) is 67.2 cm³/mol. The summed E-state index contributed by atoms with van der Waals surface area (Å²) in [7, 11) is 1.62. The van der Waals surface area contributed by atoms with Gasteiger partial charge in [-0.05, 0) is 25.8 Å². The van der Waals surface area contributed by atoms with Crippen molar-refractivity contribution >= 4 is 5.91 Å². The van der Waals surface area contributed by atoms with Gasteiger partial charge in [0.2, 0.25) is 0 Å². The Kier molecular flexibility index (Phi) is 6.47. The number of amides is 1. The van der Waals surface area contributed by atoms with Crippen molar-refractivity contribution in [2.24, 2.45) is 5.84 Å². The molecular weight excluding hydrogens is 218 g/mol. The minimum atomic E-state index is -0.256. The van der Waals surface area contributed by atoms with Crippen LogP contribution >= 0.6 is 0 Å². The van der Waals surface area contributed by atoms with Crippen molar-refractivity contribution in [3.63, 3.8) is 0 Å². The number of hydrazine groups is 1. The molecular formula is C12H25N3O2. The fourth-order valence-electron chi connectivity index (χ4n) is 2.62. The Morgan fingerprint density at radius 1 is 1.53 bits per heavy atom. The molecule has 0 saturated carbocycles. The average molecular weight is 243 g/mol. The first-order chi connectivity index (χ1) is 8.24. The van der Waals surface area contributed by atoms with Gasteiger partial charge in [0, 0.05) is 13.2 Å². The van der Waals surface area contributed by atoms with Crippen molar-refractivity contribution in [3.05, 3.63) is 0 Å². The third-order valence-electron chi connectivity index (χ3n) is 3.56. The summed E-state index contributed by atoms with van der Waals surface area (Å²) in [6, 6.07) is 0.211. The Bertz CT molecular complexity index is 236. The molecule has 0 bridgehead atoms. The van der Waals surface area contributed by atoms with E-state index in [1.54, 1.807) is 7.11 Å². The molecule has 5 nitrogen and oxygen atoms in total. The van der Waals surface area contributed by atoms with Crippen LogP contribution in [0.15, 0.2) is 0 Å². The second-order valence-corrected chi connectivity index (χ2v) is 4.63. The molecule has 1 saturated heterocycles. The van der Waals surface area contributed by atoms with E-state index in [1.807, 2.05) is 0 Å². The molecule has 1 rings (SSSR count). The lowest BCUT2D eigenvalue weighted by molar-refractivity contribution is -0.129. The summed E-state index contributed by atoms with van der Waals surface area (Å²) in [4.78, 5) is 14.1. The van der Waals surface area contributed by atoms with Crippen molar-refractivity contribution in [2.75, 3.05) is 20.3 Å². The van der Waals surface area contributed by atoms with Crippen LogP contribution in [-0.2, 0) is 9.53 Å². The Hall–Kier alpha value is -0.650.